The van der Waals surface area contributed by atoms with Crippen LogP contribution in [0.5, 0.6) is 0 Å². The summed E-state index contributed by atoms with van der Waals surface area (Å²) < 4.78 is 37.4. The van der Waals surface area contributed by atoms with Crippen LogP contribution in [0.3, 0.4) is 0 Å². The highest BCUT2D eigenvalue weighted by Crippen LogP contribution is 2.29. The van der Waals surface area contributed by atoms with Gasteiger partial charge in [0.05, 0.1) is 5.56 Å². The smallest absolute Gasteiger partial charge is 0.166 e. The van der Waals surface area contributed by atoms with Gasteiger partial charge < -0.3 is 0 Å². The first-order valence-corrected chi connectivity index (χ1v) is 6.66. The van der Waals surface area contributed by atoms with Crippen molar-refractivity contribution in [2.45, 2.75) is 25.9 Å². The summed E-state index contributed by atoms with van der Waals surface area (Å²) in [4.78, 5) is 0. The van der Waals surface area contributed by atoms with E-state index in [-0.39, 0.29) is 0 Å². The maximum absolute atomic E-state index is 12.5. The molecule has 0 heterocycles. The SMILES string of the molecule is CC(C)c1ccccc1C#Cc1ccc(C(F)(F)F)cc1. The highest BCUT2D eigenvalue weighted by atomic mass is 19.4. The van der Waals surface area contributed by atoms with Crippen molar-refractivity contribution in [3.8, 4) is 11.8 Å². The molecule has 0 aliphatic carbocycles. The second-order valence-electron chi connectivity index (χ2n) is 5.07. The van der Waals surface area contributed by atoms with Crippen LogP contribution in [0.4, 0.5) is 13.2 Å². The van der Waals surface area contributed by atoms with E-state index in [0.717, 1.165) is 23.3 Å². The summed E-state index contributed by atoms with van der Waals surface area (Å²) >= 11 is 0. The zero-order valence-corrected chi connectivity index (χ0v) is 11.8. The lowest BCUT2D eigenvalue weighted by atomic mass is 9.97. The van der Waals surface area contributed by atoms with E-state index in [0.29, 0.717) is 11.5 Å². The molecular weight excluding hydrogens is 273 g/mol. The number of rotatable bonds is 1. The van der Waals surface area contributed by atoms with E-state index in [4.69, 9.17) is 0 Å². The molecule has 0 fully saturated rings. The monoisotopic (exact) mass is 288 g/mol. The summed E-state index contributed by atoms with van der Waals surface area (Å²) in [6.45, 7) is 4.16. The molecule has 2 aromatic carbocycles. The molecule has 0 amide bonds. The molecule has 0 aliphatic rings. The average molecular weight is 288 g/mol. The van der Waals surface area contributed by atoms with Crippen LogP contribution in [0.25, 0.3) is 0 Å². The van der Waals surface area contributed by atoms with Crippen molar-refractivity contribution in [2.24, 2.45) is 0 Å². The van der Waals surface area contributed by atoms with Crippen molar-refractivity contribution in [1.82, 2.24) is 0 Å². The third-order valence-corrected chi connectivity index (χ3v) is 3.14. The minimum absolute atomic E-state index is 0.350. The molecule has 0 saturated heterocycles. The topological polar surface area (TPSA) is 0 Å². The lowest BCUT2D eigenvalue weighted by Crippen LogP contribution is -2.04. The van der Waals surface area contributed by atoms with Gasteiger partial charge in [-0.2, -0.15) is 13.2 Å². The van der Waals surface area contributed by atoms with Gasteiger partial charge in [0.15, 0.2) is 0 Å². The molecule has 0 unspecified atom stereocenters. The Morgan fingerprint density at radius 3 is 2.05 bits per heavy atom. The van der Waals surface area contributed by atoms with Crippen LogP contribution in [-0.2, 0) is 6.18 Å². The van der Waals surface area contributed by atoms with Crippen molar-refractivity contribution >= 4 is 0 Å². The van der Waals surface area contributed by atoms with Gasteiger partial charge in [0.1, 0.15) is 0 Å². The fraction of sp³-hybridized carbons (Fsp3) is 0.222. The summed E-state index contributed by atoms with van der Waals surface area (Å²) in [7, 11) is 0. The van der Waals surface area contributed by atoms with Gasteiger partial charge in [-0.3, -0.25) is 0 Å². The molecule has 2 rings (SSSR count). The maximum atomic E-state index is 12.5. The summed E-state index contributed by atoms with van der Waals surface area (Å²) in [5.41, 5.74) is 1.96. The molecule has 0 aliphatic heterocycles. The first-order chi connectivity index (χ1) is 9.88. The number of hydrogen-bond donors (Lipinski definition) is 0. The van der Waals surface area contributed by atoms with Gasteiger partial charge >= 0.3 is 6.18 Å². The van der Waals surface area contributed by atoms with Crippen molar-refractivity contribution < 1.29 is 13.2 Å². The minimum atomic E-state index is -4.31. The largest absolute Gasteiger partial charge is 0.416 e. The van der Waals surface area contributed by atoms with Crippen molar-refractivity contribution in [3.63, 3.8) is 0 Å². The molecule has 0 nitrogen and oxygen atoms in total. The average Bonchev–Trinajstić information content (AvgIpc) is 2.45. The van der Waals surface area contributed by atoms with Gasteiger partial charge in [0.2, 0.25) is 0 Å². The van der Waals surface area contributed by atoms with E-state index < -0.39 is 11.7 Å². The Labute approximate surface area is 122 Å². The van der Waals surface area contributed by atoms with E-state index in [1.807, 2.05) is 24.3 Å². The Kier molecular flexibility index (Phi) is 4.37. The van der Waals surface area contributed by atoms with E-state index in [9.17, 15) is 13.2 Å². The normalized spacial score (nSPS) is 11.1. The summed E-state index contributed by atoms with van der Waals surface area (Å²) in [5, 5.41) is 0. The molecule has 0 N–H and O–H groups in total. The number of hydrogen-bond acceptors (Lipinski definition) is 0. The zero-order chi connectivity index (χ0) is 15.5. The molecule has 0 saturated carbocycles. The fourth-order valence-electron chi connectivity index (χ4n) is 2.00. The number of alkyl halides is 3. The van der Waals surface area contributed by atoms with Crippen LogP contribution in [0, 0.1) is 11.8 Å². The van der Waals surface area contributed by atoms with Gasteiger partial charge in [-0.25, -0.2) is 0 Å². The first-order valence-electron chi connectivity index (χ1n) is 6.66. The van der Waals surface area contributed by atoms with E-state index >= 15 is 0 Å². The molecule has 3 heteroatoms. The van der Waals surface area contributed by atoms with Crippen LogP contribution < -0.4 is 0 Å². The zero-order valence-electron chi connectivity index (χ0n) is 11.8. The molecule has 21 heavy (non-hydrogen) atoms. The predicted molar refractivity (Wildman–Crippen MR) is 78.0 cm³/mol. The first kappa shape index (κ1) is 15.2. The fourth-order valence-corrected chi connectivity index (χ4v) is 2.00. The molecule has 0 bridgehead atoms. The Morgan fingerprint density at radius 1 is 0.857 bits per heavy atom. The van der Waals surface area contributed by atoms with Gasteiger partial charge in [-0.05, 0) is 41.8 Å². The predicted octanol–water partition coefficient (Wildman–Crippen LogP) is 5.23. The maximum Gasteiger partial charge on any atom is 0.416 e. The molecule has 108 valence electrons. The van der Waals surface area contributed by atoms with Gasteiger partial charge in [0.25, 0.3) is 0 Å². The molecule has 0 spiro atoms. The van der Waals surface area contributed by atoms with Gasteiger partial charge in [-0.1, -0.05) is 43.9 Å². The Hall–Kier alpha value is -2.21. The lowest BCUT2D eigenvalue weighted by Gasteiger charge is -2.07. The van der Waals surface area contributed by atoms with Crippen molar-refractivity contribution in [3.05, 3.63) is 70.8 Å². The van der Waals surface area contributed by atoms with Crippen molar-refractivity contribution in [1.29, 1.82) is 0 Å². The Bertz CT molecular complexity index is 668. The van der Waals surface area contributed by atoms with E-state index in [1.165, 1.54) is 12.1 Å². The second kappa shape index (κ2) is 6.05. The highest BCUT2D eigenvalue weighted by molar-refractivity contribution is 5.47. The summed E-state index contributed by atoms with van der Waals surface area (Å²) in [6.07, 6.45) is -4.31. The quantitative estimate of drug-likeness (QED) is 0.630. The lowest BCUT2D eigenvalue weighted by molar-refractivity contribution is -0.137. The van der Waals surface area contributed by atoms with E-state index in [1.54, 1.807) is 0 Å². The molecule has 0 aromatic heterocycles. The van der Waals surface area contributed by atoms with Crippen LogP contribution >= 0.6 is 0 Å². The molecule has 0 atom stereocenters. The summed E-state index contributed by atoms with van der Waals surface area (Å²) in [5.74, 6) is 6.31. The van der Waals surface area contributed by atoms with Crippen LogP contribution in [0.1, 0.15) is 42.0 Å². The Morgan fingerprint density at radius 2 is 1.48 bits per heavy atom. The van der Waals surface area contributed by atoms with E-state index in [2.05, 4.69) is 25.7 Å². The minimum Gasteiger partial charge on any atom is -0.166 e. The highest BCUT2D eigenvalue weighted by Gasteiger charge is 2.29. The number of halogens is 3. The molecular formula is C18H15F3. The van der Waals surface area contributed by atoms with Gasteiger partial charge in [0, 0.05) is 11.1 Å². The summed E-state index contributed by atoms with van der Waals surface area (Å²) in [6, 6.07) is 12.7. The van der Waals surface area contributed by atoms with Crippen LogP contribution in [0.15, 0.2) is 48.5 Å². The molecule has 0 radical (unpaired) electrons. The Balaban J connectivity index is 2.28. The third kappa shape index (κ3) is 3.88. The number of benzene rings is 2. The van der Waals surface area contributed by atoms with Gasteiger partial charge in [-0.15, -0.1) is 0 Å². The van der Waals surface area contributed by atoms with Crippen LogP contribution in [-0.4, -0.2) is 0 Å². The standard InChI is InChI=1S/C18H15F3/c1-13(2)17-6-4-3-5-15(17)10-7-14-8-11-16(12-9-14)18(19,20)21/h3-6,8-9,11-13H,1-2H3. The molecule has 2 aromatic rings. The third-order valence-electron chi connectivity index (χ3n) is 3.14. The second-order valence-corrected chi connectivity index (χ2v) is 5.07. The van der Waals surface area contributed by atoms with Crippen molar-refractivity contribution in [2.75, 3.05) is 0 Å². The van der Waals surface area contributed by atoms with Crippen LogP contribution in [0.2, 0.25) is 0 Å².